The number of halogens is 3. The molecule has 140 valence electrons. The Hall–Kier alpha value is -2.13. The van der Waals surface area contributed by atoms with Gasteiger partial charge < -0.3 is 10.6 Å². The van der Waals surface area contributed by atoms with Crippen LogP contribution in [0, 0.1) is 11.3 Å². The van der Waals surface area contributed by atoms with E-state index in [1.54, 1.807) is 12.1 Å². The van der Waals surface area contributed by atoms with Crippen molar-refractivity contribution in [2.75, 3.05) is 17.2 Å². The number of anilines is 2. The Morgan fingerprint density at radius 3 is 2.50 bits per heavy atom. The van der Waals surface area contributed by atoms with Crippen molar-refractivity contribution in [1.29, 1.82) is 5.41 Å². The summed E-state index contributed by atoms with van der Waals surface area (Å²) in [5, 5.41) is 13.5. The molecule has 2 aliphatic rings. The molecule has 0 saturated heterocycles. The minimum Gasteiger partial charge on any atom is -0.380 e. The summed E-state index contributed by atoms with van der Waals surface area (Å²) in [4.78, 5) is 1.05. The van der Waals surface area contributed by atoms with Gasteiger partial charge in [-0.25, -0.2) is 4.28 Å². The molecule has 1 aliphatic carbocycles. The summed E-state index contributed by atoms with van der Waals surface area (Å²) >= 11 is 1.27. The Kier molecular flexibility index (Phi) is 5.47. The molecule has 1 saturated carbocycles. The molecule has 9 heteroatoms. The maximum absolute atomic E-state index is 12.6. The standard InChI is InChI=1S/C17H19F3N4OS/c1-10-15(26-25-24-10)9-22-12-4-6-13(7-5-12)23-14(11-2-3-11)8-16(21)17(18,19)20/h4-8,11,21-24H,2-3,9H2,1H3/b14-8-,21-16?. The molecule has 1 heterocycles. The molecule has 1 aromatic rings. The summed E-state index contributed by atoms with van der Waals surface area (Å²) in [5.41, 5.74) is 4.43. The Labute approximate surface area is 153 Å². The van der Waals surface area contributed by atoms with Gasteiger partial charge in [0.2, 0.25) is 0 Å². The average Bonchev–Trinajstić information content (AvgIpc) is 3.35. The largest absolute Gasteiger partial charge is 0.432 e. The Bertz CT molecular complexity index is 739. The van der Waals surface area contributed by atoms with Crippen molar-refractivity contribution in [3.8, 4) is 0 Å². The van der Waals surface area contributed by atoms with Gasteiger partial charge in [0, 0.05) is 22.8 Å². The molecule has 0 amide bonds. The van der Waals surface area contributed by atoms with Crippen molar-refractivity contribution in [3.63, 3.8) is 0 Å². The molecule has 0 aromatic heterocycles. The number of alkyl halides is 3. The number of benzene rings is 1. The second-order valence-corrected chi connectivity index (χ2v) is 6.98. The lowest BCUT2D eigenvalue weighted by Gasteiger charge is -2.13. The Morgan fingerprint density at radius 1 is 1.31 bits per heavy atom. The SMILES string of the molecule is CC1=C(CNc2ccc(N/C(=C\C(=N)C(F)(F)F)C3CC3)cc2)SON1. The smallest absolute Gasteiger partial charge is 0.380 e. The van der Waals surface area contributed by atoms with Crippen LogP contribution in [0.5, 0.6) is 0 Å². The van der Waals surface area contributed by atoms with Crippen LogP contribution >= 0.6 is 12.0 Å². The van der Waals surface area contributed by atoms with Crippen molar-refractivity contribution in [2.45, 2.75) is 25.9 Å². The average molecular weight is 384 g/mol. The first-order valence-corrected chi connectivity index (χ1v) is 8.84. The normalized spacial score (nSPS) is 17.9. The summed E-state index contributed by atoms with van der Waals surface area (Å²) in [5.74, 6) is 0.0669. The molecule has 0 unspecified atom stereocenters. The van der Waals surface area contributed by atoms with Gasteiger partial charge in [0.1, 0.15) is 5.71 Å². The molecular weight excluding hydrogens is 365 g/mol. The number of hydroxylamine groups is 1. The zero-order chi connectivity index (χ0) is 18.7. The summed E-state index contributed by atoms with van der Waals surface area (Å²) in [7, 11) is 0. The van der Waals surface area contributed by atoms with Crippen molar-refractivity contribution >= 4 is 29.1 Å². The number of nitrogens with one attached hydrogen (secondary N) is 4. The predicted octanol–water partition coefficient (Wildman–Crippen LogP) is 4.80. The fourth-order valence-corrected chi connectivity index (χ4v) is 2.89. The van der Waals surface area contributed by atoms with E-state index in [4.69, 9.17) is 9.69 Å². The van der Waals surface area contributed by atoms with E-state index < -0.39 is 11.9 Å². The third-order valence-corrected chi connectivity index (χ3v) is 4.82. The van der Waals surface area contributed by atoms with Gasteiger partial charge in [0.25, 0.3) is 0 Å². The van der Waals surface area contributed by atoms with Crippen LogP contribution < -0.4 is 16.1 Å². The predicted molar refractivity (Wildman–Crippen MR) is 97.7 cm³/mol. The highest BCUT2D eigenvalue weighted by atomic mass is 32.2. The van der Waals surface area contributed by atoms with Crippen LogP contribution in [-0.2, 0) is 4.28 Å². The van der Waals surface area contributed by atoms with Crippen LogP contribution in [0.1, 0.15) is 19.8 Å². The minimum absolute atomic E-state index is 0.0669. The van der Waals surface area contributed by atoms with Gasteiger partial charge in [0.05, 0.1) is 23.5 Å². The van der Waals surface area contributed by atoms with Crippen LogP contribution in [0.15, 0.2) is 46.6 Å². The van der Waals surface area contributed by atoms with Crippen LogP contribution in [0.4, 0.5) is 24.5 Å². The Balaban J connectivity index is 1.61. The topological polar surface area (TPSA) is 69.2 Å². The zero-order valence-electron chi connectivity index (χ0n) is 14.0. The third-order valence-electron chi connectivity index (χ3n) is 4.00. The summed E-state index contributed by atoms with van der Waals surface area (Å²) < 4.78 is 42.8. The van der Waals surface area contributed by atoms with E-state index in [9.17, 15) is 13.2 Å². The summed E-state index contributed by atoms with van der Waals surface area (Å²) in [6.45, 7) is 2.54. The molecule has 3 rings (SSSR count). The van der Waals surface area contributed by atoms with Crippen molar-refractivity contribution < 1.29 is 17.5 Å². The molecule has 4 N–H and O–H groups in total. The maximum atomic E-state index is 12.6. The molecule has 26 heavy (non-hydrogen) atoms. The molecule has 1 aromatic carbocycles. The van der Waals surface area contributed by atoms with Gasteiger partial charge in [-0.05, 0) is 56.0 Å². The van der Waals surface area contributed by atoms with E-state index >= 15 is 0 Å². The Morgan fingerprint density at radius 2 is 1.96 bits per heavy atom. The summed E-state index contributed by atoms with van der Waals surface area (Å²) in [6, 6.07) is 7.30. The van der Waals surface area contributed by atoms with Crippen LogP contribution in [-0.4, -0.2) is 18.4 Å². The fourth-order valence-electron chi connectivity index (χ4n) is 2.32. The van der Waals surface area contributed by atoms with Crippen molar-refractivity contribution in [1.82, 2.24) is 5.48 Å². The number of allylic oxidation sites excluding steroid dienone is 3. The van der Waals surface area contributed by atoms with E-state index in [-0.39, 0.29) is 5.92 Å². The highest BCUT2D eigenvalue weighted by molar-refractivity contribution is 7.98. The van der Waals surface area contributed by atoms with Crippen LogP contribution in [0.25, 0.3) is 0 Å². The first kappa shape index (κ1) is 18.7. The highest BCUT2D eigenvalue weighted by Gasteiger charge is 2.35. The second kappa shape index (κ2) is 7.63. The molecule has 5 nitrogen and oxygen atoms in total. The van der Waals surface area contributed by atoms with Crippen LogP contribution in [0.2, 0.25) is 0 Å². The highest BCUT2D eigenvalue weighted by Crippen LogP contribution is 2.37. The maximum Gasteiger partial charge on any atom is 0.432 e. The molecule has 1 aliphatic heterocycles. The quantitative estimate of drug-likeness (QED) is 0.402. The van der Waals surface area contributed by atoms with Gasteiger partial charge >= 0.3 is 6.18 Å². The monoisotopic (exact) mass is 384 g/mol. The minimum atomic E-state index is -4.63. The summed E-state index contributed by atoms with van der Waals surface area (Å²) in [6.07, 6.45) is -2.06. The van der Waals surface area contributed by atoms with E-state index in [1.807, 2.05) is 19.1 Å². The van der Waals surface area contributed by atoms with E-state index in [0.717, 1.165) is 35.2 Å². The van der Waals surface area contributed by atoms with Gasteiger partial charge in [-0.2, -0.15) is 13.2 Å². The number of rotatable bonds is 7. The first-order chi connectivity index (χ1) is 12.3. The van der Waals surface area contributed by atoms with Gasteiger partial charge in [-0.15, -0.1) is 0 Å². The molecule has 0 radical (unpaired) electrons. The first-order valence-electron chi connectivity index (χ1n) is 8.10. The van der Waals surface area contributed by atoms with Crippen molar-refractivity contribution in [3.05, 3.63) is 46.6 Å². The van der Waals surface area contributed by atoms with Crippen molar-refractivity contribution in [2.24, 2.45) is 5.92 Å². The fraction of sp³-hybridized carbons (Fsp3) is 0.353. The molecule has 1 fully saturated rings. The molecule has 0 bridgehead atoms. The van der Waals surface area contributed by atoms with Crippen LogP contribution in [0.3, 0.4) is 0 Å². The lowest BCUT2D eigenvalue weighted by atomic mass is 10.2. The lowest BCUT2D eigenvalue weighted by molar-refractivity contribution is -0.0584. The lowest BCUT2D eigenvalue weighted by Crippen LogP contribution is -2.21. The van der Waals surface area contributed by atoms with Gasteiger partial charge in [0.15, 0.2) is 0 Å². The third kappa shape index (κ3) is 4.95. The molecule has 0 atom stereocenters. The molecule has 0 spiro atoms. The van der Waals surface area contributed by atoms with E-state index in [1.165, 1.54) is 12.0 Å². The molecular formula is C17H19F3N4OS. The number of hydrogen-bond acceptors (Lipinski definition) is 6. The van der Waals surface area contributed by atoms with E-state index in [2.05, 4.69) is 16.1 Å². The van der Waals surface area contributed by atoms with Gasteiger partial charge in [-0.3, -0.25) is 10.9 Å². The van der Waals surface area contributed by atoms with E-state index in [0.29, 0.717) is 17.9 Å². The number of hydrogen-bond donors (Lipinski definition) is 4. The zero-order valence-corrected chi connectivity index (χ0v) is 14.9. The van der Waals surface area contributed by atoms with Gasteiger partial charge in [-0.1, -0.05) is 0 Å². The second-order valence-electron chi connectivity index (χ2n) is 6.16.